The van der Waals surface area contributed by atoms with Gasteiger partial charge in [0.2, 0.25) is 5.91 Å². The third-order valence-electron chi connectivity index (χ3n) is 3.49. The van der Waals surface area contributed by atoms with Crippen LogP contribution in [-0.4, -0.2) is 24.2 Å². The zero-order valence-electron chi connectivity index (χ0n) is 9.94. The molecule has 0 aliphatic heterocycles. The Labute approximate surface area is 98.9 Å². The molecule has 0 aromatic carbocycles. The summed E-state index contributed by atoms with van der Waals surface area (Å²) >= 11 is 0. The Bertz CT molecular complexity index is 270. The van der Waals surface area contributed by atoms with Gasteiger partial charge >= 0.3 is 6.18 Å². The van der Waals surface area contributed by atoms with Crippen LogP contribution in [0.25, 0.3) is 0 Å². The Kier molecular flexibility index (Phi) is 4.41. The van der Waals surface area contributed by atoms with Crippen molar-refractivity contribution in [3.05, 3.63) is 0 Å². The molecule has 0 heterocycles. The van der Waals surface area contributed by atoms with Crippen molar-refractivity contribution in [2.75, 3.05) is 6.54 Å². The molecular formula is C11H19F3N2O. The maximum atomic E-state index is 12.5. The Morgan fingerprint density at radius 3 is 2.29 bits per heavy atom. The number of primary amides is 1. The van der Waals surface area contributed by atoms with E-state index in [1.54, 1.807) is 0 Å². The predicted octanol–water partition coefficient (Wildman–Crippen LogP) is 1.96. The van der Waals surface area contributed by atoms with Crippen molar-refractivity contribution in [2.45, 2.75) is 50.7 Å². The molecule has 3 N–H and O–H groups in total. The van der Waals surface area contributed by atoms with Gasteiger partial charge in [-0.25, -0.2) is 0 Å². The van der Waals surface area contributed by atoms with Gasteiger partial charge in [0.25, 0.3) is 0 Å². The van der Waals surface area contributed by atoms with E-state index < -0.39 is 23.5 Å². The molecule has 1 aliphatic rings. The first-order valence-electron chi connectivity index (χ1n) is 5.93. The average Bonchev–Trinajstić information content (AvgIpc) is 2.25. The Balaban J connectivity index is 2.64. The number of alkyl halides is 3. The second kappa shape index (κ2) is 5.25. The summed E-state index contributed by atoms with van der Waals surface area (Å²) in [5.41, 5.74) is 4.38. The molecule has 0 aromatic rings. The van der Waals surface area contributed by atoms with Gasteiger partial charge in [-0.2, -0.15) is 13.2 Å². The molecule has 17 heavy (non-hydrogen) atoms. The van der Waals surface area contributed by atoms with Crippen LogP contribution in [0.1, 0.15) is 39.0 Å². The normalized spacial score (nSPS) is 30.2. The van der Waals surface area contributed by atoms with E-state index in [0.717, 1.165) is 6.42 Å². The maximum absolute atomic E-state index is 12.5. The van der Waals surface area contributed by atoms with E-state index in [4.69, 9.17) is 5.73 Å². The fourth-order valence-corrected chi connectivity index (χ4v) is 2.31. The summed E-state index contributed by atoms with van der Waals surface area (Å²) in [5.74, 6) is -1.83. The molecule has 0 unspecified atom stereocenters. The highest BCUT2D eigenvalue weighted by molar-refractivity contribution is 5.84. The number of halogens is 3. The smallest absolute Gasteiger partial charge is 0.368 e. The zero-order valence-corrected chi connectivity index (χ0v) is 9.94. The van der Waals surface area contributed by atoms with E-state index in [2.05, 4.69) is 5.32 Å². The summed E-state index contributed by atoms with van der Waals surface area (Å²) in [6.07, 6.45) is -3.04. The van der Waals surface area contributed by atoms with E-state index in [0.29, 0.717) is 6.54 Å². The minimum absolute atomic E-state index is 0.0246. The van der Waals surface area contributed by atoms with Crippen molar-refractivity contribution in [1.29, 1.82) is 0 Å². The molecule has 1 amide bonds. The largest absolute Gasteiger partial charge is 0.391 e. The minimum atomic E-state index is -4.16. The molecule has 1 saturated carbocycles. The SMILES string of the molecule is CCCNC1(C(N)=O)CCC(C(F)(F)F)CC1. The summed E-state index contributed by atoms with van der Waals surface area (Å²) in [6, 6.07) is 0. The van der Waals surface area contributed by atoms with Crippen LogP contribution in [0.5, 0.6) is 0 Å². The quantitative estimate of drug-likeness (QED) is 0.803. The molecule has 0 spiro atoms. The van der Waals surface area contributed by atoms with Crippen molar-refractivity contribution in [1.82, 2.24) is 5.32 Å². The van der Waals surface area contributed by atoms with E-state index in [1.807, 2.05) is 6.92 Å². The van der Waals surface area contributed by atoms with Gasteiger partial charge in [-0.15, -0.1) is 0 Å². The number of hydrogen-bond acceptors (Lipinski definition) is 2. The first-order chi connectivity index (χ1) is 7.82. The second-order valence-corrected chi connectivity index (χ2v) is 4.69. The Hall–Kier alpha value is -0.780. The van der Waals surface area contributed by atoms with Crippen LogP contribution in [0.4, 0.5) is 13.2 Å². The van der Waals surface area contributed by atoms with Gasteiger partial charge in [-0.05, 0) is 38.6 Å². The highest BCUT2D eigenvalue weighted by Crippen LogP contribution is 2.41. The molecule has 0 bridgehead atoms. The molecule has 1 fully saturated rings. The second-order valence-electron chi connectivity index (χ2n) is 4.69. The van der Waals surface area contributed by atoms with Crippen molar-refractivity contribution in [3.8, 4) is 0 Å². The number of amides is 1. The molecule has 0 atom stereocenters. The highest BCUT2D eigenvalue weighted by atomic mass is 19.4. The van der Waals surface area contributed by atoms with Gasteiger partial charge in [-0.3, -0.25) is 4.79 Å². The number of carbonyl (C=O) groups excluding carboxylic acids is 1. The van der Waals surface area contributed by atoms with Crippen molar-refractivity contribution >= 4 is 5.91 Å². The van der Waals surface area contributed by atoms with Crippen molar-refractivity contribution in [3.63, 3.8) is 0 Å². The standard InChI is InChI=1S/C11H19F3N2O/c1-2-7-16-10(9(15)17)5-3-8(4-6-10)11(12,13)14/h8,16H,2-7H2,1H3,(H2,15,17). The summed E-state index contributed by atoms with van der Waals surface area (Å²) in [5, 5.41) is 3.01. The Morgan fingerprint density at radius 1 is 1.41 bits per heavy atom. The molecule has 0 aromatic heterocycles. The summed E-state index contributed by atoms with van der Waals surface area (Å²) < 4.78 is 37.5. The first kappa shape index (κ1) is 14.3. The zero-order chi connectivity index (χ0) is 13.1. The van der Waals surface area contributed by atoms with E-state index >= 15 is 0 Å². The minimum Gasteiger partial charge on any atom is -0.368 e. The first-order valence-corrected chi connectivity index (χ1v) is 5.93. The molecule has 1 aliphatic carbocycles. The lowest BCUT2D eigenvalue weighted by Crippen LogP contribution is -2.58. The molecule has 3 nitrogen and oxygen atoms in total. The van der Waals surface area contributed by atoms with Gasteiger partial charge in [0.1, 0.15) is 0 Å². The van der Waals surface area contributed by atoms with Crippen LogP contribution in [0.3, 0.4) is 0 Å². The maximum Gasteiger partial charge on any atom is 0.391 e. The van der Waals surface area contributed by atoms with Gasteiger partial charge in [0, 0.05) is 0 Å². The number of carbonyl (C=O) groups is 1. The van der Waals surface area contributed by atoms with Crippen LogP contribution < -0.4 is 11.1 Å². The monoisotopic (exact) mass is 252 g/mol. The number of nitrogens with two attached hydrogens (primary N) is 1. The van der Waals surface area contributed by atoms with E-state index in [-0.39, 0.29) is 25.7 Å². The van der Waals surface area contributed by atoms with E-state index in [9.17, 15) is 18.0 Å². The fraction of sp³-hybridized carbons (Fsp3) is 0.909. The van der Waals surface area contributed by atoms with Crippen LogP contribution in [0.2, 0.25) is 0 Å². The lowest BCUT2D eigenvalue weighted by Gasteiger charge is -2.39. The van der Waals surface area contributed by atoms with Crippen LogP contribution in [-0.2, 0) is 4.79 Å². The Morgan fingerprint density at radius 2 is 1.94 bits per heavy atom. The van der Waals surface area contributed by atoms with Crippen LogP contribution >= 0.6 is 0 Å². The van der Waals surface area contributed by atoms with Crippen LogP contribution in [0.15, 0.2) is 0 Å². The molecule has 100 valence electrons. The van der Waals surface area contributed by atoms with Gasteiger partial charge in [-0.1, -0.05) is 6.92 Å². The lowest BCUT2D eigenvalue weighted by atomic mass is 9.75. The fourth-order valence-electron chi connectivity index (χ4n) is 2.31. The van der Waals surface area contributed by atoms with Gasteiger partial charge in [0.05, 0.1) is 11.5 Å². The third-order valence-corrected chi connectivity index (χ3v) is 3.49. The van der Waals surface area contributed by atoms with Gasteiger partial charge < -0.3 is 11.1 Å². The topological polar surface area (TPSA) is 55.1 Å². The molecule has 6 heteroatoms. The number of rotatable bonds is 4. The van der Waals surface area contributed by atoms with Crippen molar-refractivity contribution < 1.29 is 18.0 Å². The summed E-state index contributed by atoms with van der Waals surface area (Å²) in [6.45, 7) is 2.53. The molecule has 1 rings (SSSR count). The molecular weight excluding hydrogens is 233 g/mol. The number of nitrogens with one attached hydrogen (secondary N) is 1. The summed E-state index contributed by atoms with van der Waals surface area (Å²) in [7, 11) is 0. The van der Waals surface area contributed by atoms with Crippen molar-refractivity contribution in [2.24, 2.45) is 11.7 Å². The van der Waals surface area contributed by atoms with Crippen LogP contribution in [0, 0.1) is 5.92 Å². The lowest BCUT2D eigenvalue weighted by molar-refractivity contribution is -0.186. The summed E-state index contributed by atoms with van der Waals surface area (Å²) in [4.78, 5) is 11.4. The number of hydrogen-bond donors (Lipinski definition) is 2. The molecule has 0 saturated heterocycles. The van der Waals surface area contributed by atoms with E-state index in [1.165, 1.54) is 0 Å². The highest BCUT2D eigenvalue weighted by Gasteiger charge is 2.47. The predicted molar refractivity (Wildman–Crippen MR) is 58.2 cm³/mol. The third kappa shape index (κ3) is 3.34. The van der Waals surface area contributed by atoms with Gasteiger partial charge in [0.15, 0.2) is 0 Å². The average molecular weight is 252 g/mol. The molecule has 0 radical (unpaired) electrons.